The van der Waals surface area contributed by atoms with E-state index in [0.29, 0.717) is 5.76 Å². The number of nitrogens with two attached hydrogens (primary N) is 1. The van der Waals surface area contributed by atoms with Crippen molar-refractivity contribution in [1.29, 1.82) is 0 Å². The van der Waals surface area contributed by atoms with Crippen LogP contribution in [0.4, 0.5) is 0 Å². The highest BCUT2D eigenvalue weighted by molar-refractivity contribution is 5.91. The number of hydroxylamine groups is 1. The minimum absolute atomic E-state index is 0.0759. The van der Waals surface area contributed by atoms with Crippen molar-refractivity contribution in [2.45, 2.75) is 6.92 Å². The summed E-state index contributed by atoms with van der Waals surface area (Å²) in [5.74, 6) is -0.769. The Kier molecular flexibility index (Phi) is 3.19. The Bertz CT molecular complexity index is 346. The first kappa shape index (κ1) is 10.2. The molecule has 0 saturated carbocycles. The molecule has 7 heteroatoms. The van der Waals surface area contributed by atoms with Gasteiger partial charge in [0.05, 0.1) is 0 Å². The van der Waals surface area contributed by atoms with E-state index in [9.17, 15) is 9.59 Å². The fourth-order valence-electron chi connectivity index (χ4n) is 0.698. The summed E-state index contributed by atoms with van der Waals surface area (Å²) in [5, 5.41) is 3.43. The zero-order valence-corrected chi connectivity index (χ0v) is 7.44. The number of primary amides is 1. The van der Waals surface area contributed by atoms with Gasteiger partial charge in [-0.3, -0.25) is 14.4 Å². The van der Waals surface area contributed by atoms with Crippen molar-refractivity contribution in [2.75, 3.05) is 6.61 Å². The minimum Gasteiger partial charge on any atom is -0.368 e. The van der Waals surface area contributed by atoms with Crippen LogP contribution in [-0.2, 0) is 9.63 Å². The van der Waals surface area contributed by atoms with Crippen LogP contribution in [0.5, 0.6) is 0 Å². The van der Waals surface area contributed by atoms with Crippen molar-refractivity contribution in [1.82, 2.24) is 10.6 Å². The second-order valence-corrected chi connectivity index (χ2v) is 2.51. The van der Waals surface area contributed by atoms with Crippen molar-refractivity contribution in [3.8, 4) is 0 Å². The third-order valence-corrected chi connectivity index (χ3v) is 1.24. The summed E-state index contributed by atoms with van der Waals surface area (Å²) in [7, 11) is 0. The maximum atomic E-state index is 11.1. The highest BCUT2D eigenvalue weighted by atomic mass is 16.7. The van der Waals surface area contributed by atoms with Gasteiger partial charge in [0, 0.05) is 6.07 Å². The normalized spacial score (nSPS) is 9.79. The van der Waals surface area contributed by atoms with Crippen LogP contribution in [0.2, 0.25) is 0 Å². The number of aromatic nitrogens is 1. The quantitative estimate of drug-likeness (QED) is 0.613. The summed E-state index contributed by atoms with van der Waals surface area (Å²) in [6, 6.07) is 1.43. The molecule has 0 radical (unpaired) electrons. The Morgan fingerprint density at radius 3 is 2.93 bits per heavy atom. The lowest BCUT2D eigenvalue weighted by molar-refractivity contribution is -0.124. The van der Waals surface area contributed by atoms with Gasteiger partial charge in [-0.15, -0.1) is 0 Å². The molecular formula is C7H9N3O4. The van der Waals surface area contributed by atoms with Crippen molar-refractivity contribution < 1.29 is 18.9 Å². The molecule has 1 heterocycles. The summed E-state index contributed by atoms with van der Waals surface area (Å²) in [5.41, 5.74) is 6.83. The van der Waals surface area contributed by atoms with E-state index in [-0.39, 0.29) is 12.3 Å². The minimum atomic E-state index is -0.679. The second kappa shape index (κ2) is 4.38. The lowest BCUT2D eigenvalue weighted by atomic mass is 10.4. The Morgan fingerprint density at radius 2 is 2.43 bits per heavy atom. The molecule has 2 amide bonds. The molecule has 1 aromatic heterocycles. The van der Waals surface area contributed by atoms with Crippen molar-refractivity contribution in [3.63, 3.8) is 0 Å². The Balaban J connectivity index is 2.39. The van der Waals surface area contributed by atoms with Gasteiger partial charge in [0.1, 0.15) is 5.76 Å². The van der Waals surface area contributed by atoms with E-state index in [0.717, 1.165) is 0 Å². The van der Waals surface area contributed by atoms with Crippen LogP contribution in [0.3, 0.4) is 0 Å². The molecule has 14 heavy (non-hydrogen) atoms. The van der Waals surface area contributed by atoms with Crippen LogP contribution in [0.15, 0.2) is 10.6 Å². The van der Waals surface area contributed by atoms with Gasteiger partial charge in [-0.1, -0.05) is 5.16 Å². The molecule has 0 aromatic carbocycles. The SMILES string of the molecule is Cc1cc(C(=O)NOCC(N)=O)no1. The third kappa shape index (κ3) is 2.87. The highest BCUT2D eigenvalue weighted by Crippen LogP contribution is 2.00. The first-order valence-electron chi connectivity index (χ1n) is 3.73. The number of nitrogens with one attached hydrogen (secondary N) is 1. The van der Waals surface area contributed by atoms with Gasteiger partial charge in [0.2, 0.25) is 5.91 Å². The second-order valence-electron chi connectivity index (χ2n) is 2.51. The molecule has 0 aliphatic rings. The molecule has 0 aliphatic heterocycles. The molecule has 0 spiro atoms. The molecule has 1 rings (SSSR count). The van der Waals surface area contributed by atoms with Crippen molar-refractivity contribution >= 4 is 11.8 Å². The number of nitrogens with zero attached hydrogens (tertiary/aromatic N) is 1. The number of carbonyl (C=O) groups is 2. The van der Waals surface area contributed by atoms with E-state index in [4.69, 9.17) is 5.73 Å². The van der Waals surface area contributed by atoms with E-state index in [1.54, 1.807) is 6.92 Å². The zero-order chi connectivity index (χ0) is 10.6. The standard InChI is InChI=1S/C7H9N3O4/c1-4-2-5(9-14-4)7(12)10-13-3-6(8)11/h2H,3H2,1H3,(H2,8,11)(H,10,12). The van der Waals surface area contributed by atoms with E-state index >= 15 is 0 Å². The van der Waals surface area contributed by atoms with Crippen molar-refractivity contribution in [3.05, 3.63) is 17.5 Å². The molecule has 0 atom stereocenters. The summed E-state index contributed by atoms with van der Waals surface area (Å²) >= 11 is 0. The van der Waals surface area contributed by atoms with E-state index in [1.807, 2.05) is 5.48 Å². The number of hydrogen-bond acceptors (Lipinski definition) is 5. The van der Waals surface area contributed by atoms with Crippen LogP contribution >= 0.6 is 0 Å². The number of rotatable bonds is 4. The van der Waals surface area contributed by atoms with Crippen LogP contribution < -0.4 is 11.2 Å². The van der Waals surface area contributed by atoms with Crippen LogP contribution in [0, 0.1) is 6.92 Å². The fourth-order valence-corrected chi connectivity index (χ4v) is 0.698. The van der Waals surface area contributed by atoms with E-state index in [2.05, 4.69) is 14.5 Å². The topological polar surface area (TPSA) is 107 Å². The number of aryl methyl sites for hydroxylation is 1. The summed E-state index contributed by atoms with van der Waals surface area (Å²) in [4.78, 5) is 25.8. The van der Waals surface area contributed by atoms with Crippen LogP contribution in [0.1, 0.15) is 16.2 Å². The molecule has 7 nitrogen and oxygen atoms in total. The summed E-state index contributed by atoms with van der Waals surface area (Å²) in [6.45, 7) is 1.26. The zero-order valence-electron chi connectivity index (χ0n) is 7.44. The Labute approximate surface area is 79.1 Å². The van der Waals surface area contributed by atoms with Crippen molar-refractivity contribution in [2.24, 2.45) is 5.73 Å². The monoisotopic (exact) mass is 199 g/mol. The Morgan fingerprint density at radius 1 is 1.71 bits per heavy atom. The third-order valence-electron chi connectivity index (χ3n) is 1.24. The van der Waals surface area contributed by atoms with Gasteiger partial charge < -0.3 is 10.3 Å². The smallest absolute Gasteiger partial charge is 0.297 e. The largest absolute Gasteiger partial charge is 0.368 e. The van der Waals surface area contributed by atoms with Crippen LogP contribution in [0.25, 0.3) is 0 Å². The number of carbonyl (C=O) groups excluding carboxylic acids is 2. The van der Waals surface area contributed by atoms with Crippen LogP contribution in [-0.4, -0.2) is 23.6 Å². The molecular weight excluding hydrogens is 190 g/mol. The molecule has 0 fully saturated rings. The first-order chi connectivity index (χ1) is 6.59. The lowest BCUT2D eigenvalue weighted by Gasteiger charge is -1.99. The molecule has 0 aliphatic carbocycles. The van der Waals surface area contributed by atoms with Gasteiger partial charge in [-0.05, 0) is 6.92 Å². The predicted molar refractivity (Wildman–Crippen MR) is 43.9 cm³/mol. The maximum absolute atomic E-state index is 11.1. The van der Waals surface area contributed by atoms with Gasteiger partial charge >= 0.3 is 0 Å². The molecule has 0 saturated heterocycles. The molecule has 76 valence electrons. The van der Waals surface area contributed by atoms with Gasteiger partial charge in [-0.25, -0.2) is 5.48 Å². The first-order valence-corrected chi connectivity index (χ1v) is 3.73. The molecule has 1 aromatic rings. The molecule has 0 unspecified atom stereocenters. The maximum Gasteiger partial charge on any atom is 0.297 e. The van der Waals surface area contributed by atoms with E-state index in [1.165, 1.54) is 6.07 Å². The number of hydrogen-bond donors (Lipinski definition) is 2. The fraction of sp³-hybridized carbons (Fsp3) is 0.286. The van der Waals surface area contributed by atoms with Gasteiger partial charge in [-0.2, -0.15) is 0 Å². The Hall–Kier alpha value is -1.89. The lowest BCUT2D eigenvalue weighted by Crippen LogP contribution is -2.29. The van der Waals surface area contributed by atoms with Gasteiger partial charge in [0.25, 0.3) is 5.91 Å². The van der Waals surface area contributed by atoms with E-state index < -0.39 is 11.8 Å². The molecule has 0 bridgehead atoms. The molecule has 3 N–H and O–H groups in total. The summed E-state index contributed by atoms with van der Waals surface area (Å²) < 4.78 is 4.66. The summed E-state index contributed by atoms with van der Waals surface area (Å²) in [6.07, 6.45) is 0. The predicted octanol–water partition coefficient (Wildman–Crippen LogP) is -0.870. The average molecular weight is 199 g/mol. The number of amides is 2. The highest BCUT2D eigenvalue weighted by Gasteiger charge is 2.10. The average Bonchev–Trinajstić information content (AvgIpc) is 2.51. The van der Waals surface area contributed by atoms with Gasteiger partial charge in [0.15, 0.2) is 12.3 Å².